The topological polar surface area (TPSA) is 49.4 Å². The second-order valence-electron chi connectivity index (χ2n) is 6.55. The van der Waals surface area contributed by atoms with Gasteiger partial charge in [-0.2, -0.15) is 0 Å². The van der Waals surface area contributed by atoms with Gasteiger partial charge in [0.2, 0.25) is 0 Å². The fourth-order valence-corrected chi connectivity index (χ4v) is 2.97. The van der Waals surface area contributed by atoms with Gasteiger partial charge in [-0.3, -0.25) is 9.59 Å². The number of carbonyl (C=O) groups is 2. The van der Waals surface area contributed by atoms with Gasteiger partial charge < -0.3 is 10.2 Å². The predicted octanol–water partition coefficient (Wildman–Crippen LogP) is 5.19. The van der Waals surface area contributed by atoms with Crippen LogP contribution in [-0.2, 0) is 0 Å². The Balaban J connectivity index is 1.83. The minimum atomic E-state index is -1.05. The van der Waals surface area contributed by atoms with Gasteiger partial charge in [-0.15, -0.1) is 0 Å². The van der Waals surface area contributed by atoms with E-state index < -0.39 is 17.5 Å². The molecule has 3 rings (SSSR count). The summed E-state index contributed by atoms with van der Waals surface area (Å²) in [5.41, 5.74) is 2.52. The number of nitrogens with one attached hydrogen (secondary N) is 1. The monoisotopic (exact) mass is 394 g/mol. The van der Waals surface area contributed by atoms with Crippen molar-refractivity contribution in [3.05, 3.63) is 95.1 Å². The van der Waals surface area contributed by atoms with Crippen LogP contribution in [0.5, 0.6) is 0 Å². The molecule has 0 heterocycles. The van der Waals surface area contributed by atoms with Crippen LogP contribution in [0.4, 0.5) is 20.2 Å². The van der Waals surface area contributed by atoms with Gasteiger partial charge >= 0.3 is 0 Å². The van der Waals surface area contributed by atoms with Crippen molar-refractivity contribution in [2.45, 2.75) is 13.8 Å². The summed E-state index contributed by atoms with van der Waals surface area (Å²) in [6, 6.07) is 17.0. The Morgan fingerprint density at radius 1 is 0.897 bits per heavy atom. The van der Waals surface area contributed by atoms with E-state index in [9.17, 15) is 18.4 Å². The van der Waals surface area contributed by atoms with Gasteiger partial charge in [0.1, 0.15) is 0 Å². The molecular weight excluding hydrogens is 374 g/mol. The van der Waals surface area contributed by atoms with Crippen molar-refractivity contribution in [1.82, 2.24) is 0 Å². The minimum absolute atomic E-state index is 0.126. The Bertz CT molecular complexity index is 1070. The first-order chi connectivity index (χ1) is 13.9. The average Bonchev–Trinajstić information content (AvgIpc) is 2.71. The number of nitrogens with zero attached hydrogens (tertiary/aromatic N) is 1. The van der Waals surface area contributed by atoms with E-state index in [-0.39, 0.29) is 17.2 Å². The molecule has 0 radical (unpaired) electrons. The van der Waals surface area contributed by atoms with Crippen LogP contribution in [0.25, 0.3) is 0 Å². The molecule has 0 unspecified atom stereocenters. The number of rotatable bonds is 5. The first kappa shape index (κ1) is 20.2. The molecule has 0 aromatic heterocycles. The lowest BCUT2D eigenvalue weighted by Gasteiger charge is -2.22. The molecule has 0 aliphatic heterocycles. The van der Waals surface area contributed by atoms with Crippen LogP contribution < -0.4 is 10.2 Å². The average molecular weight is 394 g/mol. The van der Waals surface area contributed by atoms with Crippen molar-refractivity contribution < 1.29 is 18.4 Å². The Morgan fingerprint density at radius 2 is 1.62 bits per heavy atom. The van der Waals surface area contributed by atoms with Crippen molar-refractivity contribution in [3.63, 3.8) is 0 Å². The highest BCUT2D eigenvalue weighted by Gasteiger charge is 2.18. The maximum atomic E-state index is 13.3. The van der Waals surface area contributed by atoms with Gasteiger partial charge in [-0.05, 0) is 61.9 Å². The van der Waals surface area contributed by atoms with Crippen LogP contribution in [0, 0.1) is 18.6 Å². The second kappa shape index (κ2) is 8.65. The molecule has 0 atom stereocenters. The van der Waals surface area contributed by atoms with Gasteiger partial charge in [0.25, 0.3) is 11.8 Å². The summed E-state index contributed by atoms with van der Waals surface area (Å²) in [5.74, 6) is -2.81. The molecule has 3 aromatic carbocycles. The summed E-state index contributed by atoms with van der Waals surface area (Å²) in [7, 11) is 0. The number of anilines is 2. The number of benzene rings is 3. The van der Waals surface area contributed by atoms with Crippen LogP contribution in [0.2, 0.25) is 0 Å². The van der Waals surface area contributed by atoms with Gasteiger partial charge in [0.15, 0.2) is 11.6 Å². The Hall–Kier alpha value is -3.54. The number of halogens is 2. The van der Waals surface area contributed by atoms with Gasteiger partial charge in [0, 0.05) is 35.1 Å². The third-order valence-corrected chi connectivity index (χ3v) is 4.42. The summed E-state index contributed by atoms with van der Waals surface area (Å²) in [4.78, 5) is 27.1. The molecule has 0 fully saturated rings. The largest absolute Gasteiger partial charge is 0.322 e. The zero-order chi connectivity index (χ0) is 21.0. The van der Waals surface area contributed by atoms with Crippen LogP contribution in [-0.4, -0.2) is 18.4 Å². The molecule has 2 amide bonds. The lowest BCUT2D eigenvalue weighted by Crippen LogP contribution is -2.30. The fraction of sp³-hybridized carbons (Fsp3) is 0.130. The van der Waals surface area contributed by atoms with E-state index in [1.807, 2.05) is 38.1 Å². The van der Waals surface area contributed by atoms with E-state index >= 15 is 0 Å². The summed E-state index contributed by atoms with van der Waals surface area (Å²) in [5, 5.41) is 2.50. The molecule has 3 aromatic rings. The highest BCUT2D eigenvalue weighted by Crippen LogP contribution is 2.20. The van der Waals surface area contributed by atoms with Crippen LogP contribution in [0.3, 0.4) is 0 Å². The Labute approximate surface area is 167 Å². The molecule has 1 N–H and O–H groups in total. The smallest absolute Gasteiger partial charge is 0.258 e. The number of amides is 2. The van der Waals surface area contributed by atoms with Gasteiger partial charge in [-0.25, -0.2) is 8.78 Å². The van der Waals surface area contributed by atoms with E-state index in [0.717, 1.165) is 23.4 Å². The highest BCUT2D eigenvalue weighted by atomic mass is 19.2. The summed E-state index contributed by atoms with van der Waals surface area (Å²) in [6.45, 7) is 4.29. The molecule has 0 aliphatic carbocycles. The molecule has 0 saturated carbocycles. The molecule has 29 heavy (non-hydrogen) atoms. The van der Waals surface area contributed by atoms with Crippen molar-refractivity contribution >= 4 is 23.2 Å². The van der Waals surface area contributed by atoms with E-state index in [2.05, 4.69) is 5.32 Å². The minimum Gasteiger partial charge on any atom is -0.322 e. The predicted molar refractivity (Wildman–Crippen MR) is 109 cm³/mol. The van der Waals surface area contributed by atoms with Gasteiger partial charge in [-0.1, -0.05) is 18.2 Å². The van der Waals surface area contributed by atoms with E-state index in [0.29, 0.717) is 12.1 Å². The van der Waals surface area contributed by atoms with Gasteiger partial charge in [0.05, 0.1) is 0 Å². The molecule has 148 valence electrons. The number of carbonyl (C=O) groups excluding carboxylic acids is 2. The third kappa shape index (κ3) is 4.66. The standard InChI is InChI=1S/C23H20F2N2O2/c1-3-27(19-9-4-6-15(2)12-19)23(29)17-8-5-7-16(13-17)22(28)26-18-10-11-20(24)21(25)14-18/h4-14H,3H2,1-2H3,(H,26,28). The normalized spacial score (nSPS) is 10.5. The summed E-state index contributed by atoms with van der Waals surface area (Å²) in [6.07, 6.45) is 0. The van der Waals surface area contributed by atoms with E-state index in [1.54, 1.807) is 23.1 Å². The van der Waals surface area contributed by atoms with Crippen LogP contribution in [0.15, 0.2) is 66.7 Å². The number of aryl methyl sites for hydroxylation is 1. The highest BCUT2D eigenvalue weighted by molar-refractivity contribution is 6.09. The first-order valence-electron chi connectivity index (χ1n) is 9.14. The number of hydrogen-bond acceptors (Lipinski definition) is 2. The summed E-state index contributed by atoms with van der Waals surface area (Å²) < 4.78 is 26.4. The quantitative estimate of drug-likeness (QED) is 0.647. The van der Waals surface area contributed by atoms with Crippen molar-refractivity contribution in [2.24, 2.45) is 0 Å². The maximum Gasteiger partial charge on any atom is 0.258 e. The lowest BCUT2D eigenvalue weighted by molar-refractivity contribution is 0.0988. The summed E-state index contributed by atoms with van der Waals surface area (Å²) >= 11 is 0. The maximum absolute atomic E-state index is 13.3. The van der Waals surface area contributed by atoms with Crippen molar-refractivity contribution in [1.29, 1.82) is 0 Å². The zero-order valence-electron chi connectivity index (χ0n) is 16.1. The van der Waals surface area contributed by atoms with Crippen molar-refractivity contribution in [2.75, 3.05) is 16.8 Å². The molecule has 0 spiro atoms. The first-order valence-corrected chi connectivity index (χ1v) is 9.14. The Kier molecular flexibility index (Phi) is 6.02. The molecule has 0 bridgehead atoms. The number of hydrogen-bond donors (Lipinski definition) is 1. The Morgan fingerprint density at radius 3 is 2.31 bits per heavy atom. The molecule has 0 saturated heterocycles. The zero-order valence-corrected chi connectivity index (χ0v) is 16.1. The van der Waals surface area contributed by atoms with E-state index in [1.165, 1.54) is 12.1 Å². The van der Waals surface area contributed by atoms with Crippen LogP contribution >= 0.6 is 0 Å². The fourth-order valence-electron chi connectivity index (χ4n) is 2.97. The molecule has 6 heteroatoms. The SMILES string of the molecule is CCN(C(=O)c1cccc(C(=O)Nc2ccc(F)c(F)c2)c1)c1cccc(C)c1. The second-order valence-corrected chi connectivity index (χ2v) is 6.55. The van der Waals surface area contributed by atoms with Crippen LogP contribution in [0.1, 0.15) is 33.2 Å². The van der Waals surface area contributed by atoms with Crippen molar-refractivity contribution in [3.8, 4) is 0 Å². The lowest BCUT2D eigenvalue weighted by atomic mass is 10.1. The third-order valence-electron chi connectivity index (χ3n) is 4.42. The molecule has 0 aliphatic rings. The van der Waals surface area contributed by atoms with E-state index in [4.69, 9.17) is 0 Å². The molecule has 4 nitrogen and oxygen atoms in total. The molecular formula is C23H20F2N2O2.